The second-order valence-electron chi connectivity index (χ2n) is 7.03. The Hall–Kier alpha value is -1.15. The van der Waals surface area contributed by atoms with Gasteiger partial charge in [-0.25, -0.2) is 12.8 Å². The van der Waals surface area contributed by atoms with Gasteiger partial charge in [-0.05, 0) is 50.3 Å². The van der Waals surface area contributed by atoms with Crippen LogP contribution >= 0.6 is 15.9 Å². The summed E-state index contributed by atoms with van der Waals surface area (Å²) in [6, 6.07) is 5.11. The predicted octanol–water partition coefficient (Wildman–Crippen LogP) is 2.90. The molecule has 2 rings (SSSR count). The normalized spacial score (nSPS) is 16.4. The van der Waals surface area contributed by atoms with E-state index in [1.807, 2.05) is 13.0 Å². The van der Waals surface area contributed by atoms with Gasteiger partial charge in [0, 0.05) is 35.8 Å². The standard InChI is InChI=1S/C18H27BrFN3O2S/c1-3-21-17(23-12-18(8-9-18)13-26(2,24)25)22-10-4-5-14-6-7-15(19)11-16(14)20/h6-7,11H,3-5,8-10,12-13H2,1-2H3,(H2,21,22,23). The largest absolute Gasteiger partial charge is 0.357 e. The van der Waals surface area contributed by atoms with Crippen molar-refractivity contribution in [3.05, 3.63) is 34.1 Å². The maximum Gasteiger partial charge on any atom is 0.191 e. The summed E-state index contributed by atoms with van der Waals surface area (Å²) in [5.41, 5.74) is 0.512. The minimum Gasteiger partial charge on any atom is -0.357 e. The lowest BCUT2D eigenvalue weighted by Gasteiger charge is -2.15. The highest BCUT2D eigenvalue weighted by atomic mass is 79.9. The van der Waals surface area contributed by atoms with E-state index in [0.29, 0.717) is 31.0 Å². The van der Waals surface area contributed by atoms with Crippen LogP contribution in [-0.4, -0.2) is 46.0 Å². The summed E-state index contributed by atoms with van der Waals surface area (Å²) in [6.07, 6.45) is 4.51. The SMILES string of the molecule is CCNC(=NCC1(CS(C)(=O)=O)CC1)NCCCc1ccc(Br)cc1F. The van der Waals surface area contributed by atoms with Crippen molar-refractivity contribution in [1.82, 2.24) is 10.6 Å². The van der Waals surface area contributed by atoms with E-state index in [0.717, 1.165) is 30.3 Å². The molecule has 1 aliphatic rings. The molecule has 1 aromatic carbocycles. The highest BCUT2D eigenvalue weighted by Crippen LogP contribution is 2.46. The molecule has 1 aromatic rings. The highest BCUT2D eigenvalue weighted by molar-refractivity contribution is 9.10. The van der Waals surface area contributed by atoms with Crippen molar-refractivity contribution in [2.45, 2.75) is 32.6 Å². The topological polar surface area (TPSA) is 70.6 Å². The van der Waals surface area contributed by atoms with Crippen LogP contribution in [0.5, 0.6) is 0 Å². The Balaban J connectivity index is 1.82. The van der Waals surface area contributed by atoms with E-state index in [2.05, 4.69) is 31.6 Å². The molecule has 146 valence electrons. The summed E-state index contributed by atoms with van der Waals surface area (Å²) >= 11 is 3.26. The number of rotatable bonds is 9. The number of nitrogens with one attached hydrogen (secondary N) is 2. The van der Waals surface area contributed by atoms with Crippen molar-refractivity contribution in [3.63, 3.8) is 0 Å². The van der Waals surface area contributed by atoms with Gasteiger partial charge in [-0.2, -0.15) is 0 Å². The first-order chi connectivity index (χ1) is 12.2. The first-order valence-electron chi connectivity index (χ1n) is 8.87. The van der Waals surface area contributed by atoms with Gasteiger partial charge >= 0.3 is 0 Å². The molecule has 0 bridgehead atoms. The van der Waals surface area contributed by atoms with Gasteiger partial charge in [0.2, 0.25) is 0 Å². The smallest absolute Gasteiger partial charge is 0.191 e. The minimum atomic E-state index is -2.99. The monoisotopic (exact) mass is 447 g/mol. The molecule has 2 N–H and O–H groups in total. The molecule has 0 aliphatic heterocycles. The molecule has 8 heteroatoms. The van der Waals surface area contributed by atoms with Crippen LogP contribution in [0.3, 0.4) is 0 Å². The second-order valence-corrected chi connectivity index (χ2v) is 10.1. The number of hydrogen-bond donors (Lipinski definition) is 2. The van der Waals surface area contributed by atoms with Gasteiger partial charge in [-0.3, -0.25) is 4.99 Å². The van der Waals surface area contributed by atoms with Gasteiger partial charge < -0.3 is 10.6 Å². The first kappa shape index (κ1) is 21.2. The summed E-state index contributed by atoms with van der Waals surface area (Å²) < 4.78 is 37.6. The Morgan fingerprint density at radius 3 is 2.65 bits per heavy atom. The van der Waals surface area contributed by atoms with Gasteiger partial charge in [0.25, 0.3) is 0 Å². The lowest BCUT2D eigenvalue weighted by molar-refractivity contribution is 0.549. The molecule has 0 atom stereocenters. The maximum atomic E-state index is 13.8. The predicted molar refractivity (Wildman–Crippen MR) is 108 cm³/mol. The number of halogens is 2. The number of aliphatic imine (C=N–C) groups is 1. The number of benzene rings is 1. The zero-order valence-corrected chi connectivity index (χ0v) is 17.7. The van der Waals surface area contributed by atoms with Crippen molar-refractivity contribution in [3.8, 4) is 0 Å². The third-order valence-corrected chi connectivity index (χ3v) is 6.00. The molecule has 0 heterocycles. The molecule has 1 saturated carbocycles. The Kier molecular flexibility index (Phi) is 7.46. The molecular formula is C18H27BrFN3O2S. The van der Waals surface area contributed by atoms with Crippen molar-refractivity contribution in [1.29, 1.82) is 0 Å². The Labute approximate surface area is 163 Å². The fourth-order valence-electron chi connectivity index (χ4n) is 2.88. The molecular weight excluding hydrogens is 421 g/mol. The molecule has 1 fully saturated rings. The van der Waals surface area contributed by atoms with Crippen molar-refractivity contribution in [2.24, 2.45) is 10.4 Å². The van der Waals surface area contributed by atoms with E-state index in [1.165, 1.54) is 12.3 Å². The molecule has 0 unspecified atom stereocenters. The quantitative estimate of drug-likeness (QED) is 0.346. The molecule has 0 aromatic heterocycles. The van der Waals surface area contributed by atoms with Gasteiger partial charge in [0.05, 0.1) is 5.75 Å². The van der Waals surface area contributed by atoms with Crippen LogP contribution in [-0.2, 0) is 16.3 Å². The number of sulfone groups is 1. The summed E-state index contributed by atoms with van der Waals surface area (Å²) in [5, 5.41) is 6.42. The average molecular weight is 448 g/mol. The maximum absolute atomic E-state index is 13.8. The highest BCUT2D eigenvalue weighted by Gasteiger charge is 2.45. The van der Waals surface area contributed by atoms with Crippen LogP contribution in [0, 0.1) is 11.2 Å². The lowest BCUT2D eigenvalue weighted by atomic mass is 10.1. The Morgan fingerprint density at radius 1 is 1.35 bits per heavy atom. The zero-order valence-electron chi connectivity index (χ0n) is 15.3. The number of hydrogen-bond acceptors (Lipinski definition) is 3. The first-order valence-corrected chi connectivity index (χ1v) is 11.7. The van der Waals surface area contributed by atoms with Crippen LogP contribution in [0.4, 0.5) is 4.39 Å². The summed E-state index contributed by atoms with van der Waals surface area (Å²) in [4.78, 5) is 4.56. The molecule has 0 amide bonds. The third-order valence-electron chi connectivity index (χ3n) is 4.37. The molecule has 0 saturated heterocycles. The van der Waals surface area contributed by atoms with E-state index in [-0.39, 0.29) is 17.0 Å². The molecule has 0 radical (unpaired) electrons. The average Bonchev–Trinajstić information content (AvgIpc) is 3.28. The summed E-state index contributed by atoms with van der Waals surface area (Å²) in [5.74, 6) is 0.686. The van der Waals surface area contributed by atoms with E-state index in [1.54, 1.807) is 6.07 Å². The number of guanidine groups is 1. The van der Waals surface area contributed by atoms with Gasteiger partial charge in [-0.1, -0.05) is 22.0 Å². The van der Waals surface area contributed by atoms with Crippen molar-refractivity contribution >= 4 is 31.7 Å². The molecule has 26 heavy (non-hydrogen) atoms. The zero-order chi connectivity index (χ0) is 19.2. The van der Waals surface area contributed by atoms with E-state index in [4.69, 9.17) is 0 Å². The van der Waals surface area contributed by atoms with Crippen LogP contribution < -0.4 is 10.6 Å². The number of nitrogens with zero attached hydrogens (tertiary/aromatic N) is 1. The van der Waals surface area contributed by atoms with E-state index >= 15 is 0 Å². The summed E-state index contributed by atoms with van der Waals surface area (Å²) in [7, 11) is -2.99. The van der Waals surface area contributed by atoms with E-state index in [9.17, 15) is 12.8 Å². The van der Waals surface area contributed by atoms with Crippen LogP contribution in [0.25, 0.3) is 0 Å². The van der Waals surface area contributed by atoms with Crippen LogP contribution in [0.2, 0.25) is 0 Å². The summed E-state index contributed by atoms with van der Waals surface area (Å²) in [6.45, 7) is 3.89. The van der Waals surface area contributed by atoms with E-state index < -0.39 is 9.84 Å². The third kappa shape index (κ3) is 7.23. The van der Waals surface area contributed by atoms with Crippen LogP contribution in [0.1, 0.15) is 31.7 Å². The Morgan fingerprint density at radius 2 is 2.08 bits per heavy atom. The molecule has 0 spiro atoms. The molecule has 1 aliphatic carbocycles. The van der Waals surface area contributed by atoms with Gasteiger partial charge in [0.1, 0.15) is 15.7 Å². The lowest BCUT2D eigenvalue weighted by Crippen LogP contribution is -2.38. The van der Waals surface area contributed by atoms with Gasteiger partial charge in [0.15, 0.2) is 5.96 Å². The van der Waals surface area contributed by atoms with Crippen molar-refractivity contribution in [2.75, 3.05) is 31.6 Å². The fourth-order valence-corrected chi connectivity index (χ4v) is 4.71. The Bertz CT molecular complexity index is 749. The van der Waals surface area contributed by atoms with Crippen molar-refractivity contribution < 1.29 is 12.8 Å². The van der Waals surface area contributed by atoms with Gasteiger partial charge in [-0.15, -0.1) is 0 Å². The van der Waals surface area contributed by atoms with Crippen LogP contribution in [0.15, 0.2) is 27.7 Å². The molecule has 5 nitrogen and oxygen atoms in total. The number of aryl methyl sites for hydroxylation is 1. The minimum absolute atomic E-state index is 0.184. The fraction of sp³-hybridized carbons (Fsp3) is 0.611. The second kappa shape index (κ2) is 9.17.